The van der Waals surface area contributed by atoms with E-state index in [1.54, 1.807) is 12.0 Å². The summed E-state index contributed by atoms with van der Waals surface area (Å²) in [5, 5.41) is 11.5. The topological polar surface area (TPSA) is 89.3 Å². The highest BCUT2D eigenvalue weighted by Crippen LogP contribution is 2.29. The summed E-state index contributed by atoms with van der Waals surface area (Å²) in [4.78, 5) is 20.3. The molecule has 1 unspecified atom stereocenters. The maximum atomic E-state index is 13.3. The van der Waals surface area contributed by atoms with Gasteiger partial charge in [-0.05, 0) is 48.4 Å². The van der Waals surface area contributed by atoms with E-state index in [1.165, 1.54) is 31.2 Å². The number of ether oxygens (including phenoxy) is 3. The number of hydrogen-bond acceptors (Lipinski definition) is 7. The summed E-state index contributed by atoms with van der Waals surface area (Å²) >= 11 is 0. The fraction of sp³-hybridized carbons (Fsp3) is 0.467. The van der Waals surface area contributed by atoms with E-state index in [2.05, 4.69) is 21.4 Å². The lowest BCUT2D eigenvalue weighted by atomic mass is 10.0. The Morgan fingerprint density at radius 2 is 1.90 bits per heavy atom. The van der Waals surface area contributed by atoms with Gasteiger partial charge in [0.25, 0.3) is 0 Å². The van der Waals surface area contributed by atoms with Crippen LogP contribution in [0.5, 0.6) is 17.2 Å². The monoisotopic (exact) mass is 554 g/mol. The Kier molecular flexibility index (Phi) is 10.0. The number of β-amino-alcohol motifs (C(OH)–C–C–N with tert-alkyl or cyclic N) is 1. The highest BCUT2D eigenvalue weighted by molar-refractivity contribution is 5.73. The average Bonchev–Trinajstić information content (AvgIpc) is 3.33. The molecule has 216 valence electrons. The Morgan fingerprint density at radius 1 is 1.10 bits per heavy atom. The minimum atomic E-state index is -1.31. The number of benzene rings is 2. The first-order valence-corrected chi connectivity index (χ1v) is 13.7. The van der Waals surface area contributed by atoms with Gasteiger partial charge in [0.15, 0.2) is 11.5 Å². The van der Waals surface area contributed by atoms with Crippen molar-refractivity contribution in [1.29, 1.82) is 0 Å². The third-order valence-electron chi connectivity index (χ3n) is 7.01. The number of methoxy groups -OCH3 is 1. The Labute approximate surface area is 235 Å². The molecule has 10 heteroatoms. The van der Waals surface area contributed by atoms with E-state index in [4.69, 9.17) is 14.2 Å². The molecule has 3 aromatic rings. The molecule has 1 fully saturated rings. The molecule has 0 bridgehead atoms. The molecule has 1 atom stereocenters. The number of aryl methyl sites for hydroxylation is 2. The standard InChI is InChI=1S/C30H39FN4O5/c1-4-29-32-12-14-34(29)13-5-17-39-27-11-6-24(18-28(27)38-3)19-33-15-16-35(23(2)36)21-30(37,20-33)22-40-26-9-7-25(31)8-10-26/h6-12,14,18,37H,4-5,13,15-17,19-22H2,1-3H3. The van der Waals surface area contributed by atoms with Crippen LogP contribution in [-0.4, -0.2) is 82.5 Å². The van der Waals surface area contributed by atoms with Gasteiger partial charge in [-0.2, -0.15) is 0 Å². The minimum absolute atomic E-state index is 0.0339. The highest BCUT2D eigenvalue weighted by atomic mass is 19.1. The highest BCUT2D eigenvalue weighted by Gasteiger charge is 2.37. The molecular weight excluding hydrogens is 515 g/mol. The zero-order valence-electron chi connectivity index (χ0n) is 23.5. The molecule has 0 aliphatic carbocycles. The predicted octanol–water partition coefficient (Wildman–Crippen LogP) is 3.54. The fourth-order valence-electron chi connectivity index (χ4n) is 4.95. The molecular formula is C30H39FN4O5. The molecule has 40 heavy (non-hydrogen) atoms. The van der Waals surface area contributed by atoms with Crippen molar-refractivity contribution in [3.8, 4) is 17.2 Å². The van der Waals surface area contributed by atoms with E-state index < -0.39 is 5.60 Å². The molecule has 1 amide bonds. The van der Waals surface area contributed by atoms with E-state index >= 15 is 0 Å². The third-order valence-corrected chi connectivity index (χ3v) is 7.01. The molecule has 4 rings (SSSR count). The Balaban J connectivity index is 1.38. The van der Waals surface area contributed by atoms with Crippen molar-refractivity contribution in [3.05, 3.63) is 72.1 Å². The van der Waals surface area contributed by atoms with Crippen LogP contribution >= 0.6 is 0 Å². The van der Waals surface area contributed by atoms with Crippen LogP contribution in [-0.2, 0) is 24.3 Å². The van der Waals surface area contributed by atoms with E-state index in [-0.39, 0.29) is 24.9 Å². The van der Waals surface area contributed by atoms with Crippen molar-refractivity contribution in [1.82, 2.24) is 19.4 Å². The number of aromatic nitrogens is 2. The van der Waals surface area contributed by atoms with E-state index in [0.717, 1.165) is 30.8 Å². The molecule has 1 aromatic heterocycles. The molecule has 9 nitrogen and oxygen atoms in total. The van der Waals surface area contributed by atoms with Crippen LogP contribution in [0.3, 0.4) is 0 Å². The van der Waals surface area contributed by atoms with Gasteiger partial charge < -0.3 is 28.8 Å². The molecule has 2 aromatic carbocycles. The summed E-state index contributed by atoms with van der Waals surface area (Å²) in [5.41, 5.74) is -0.315. The largest absolute Gasteiger partial charge is 0.493 e. The van der Waals surface area contributed by atoms with Gasteiger partial charge in [-0.3, -0.25) is 9.69 Å². The third kappa shape index (κ3) is 7.95. The van der Waals surface area contributed by atoms with E-state index in [1.807, 2.05) is 30.6 Å². The summed E-state index contributed by atoms with van der Waals surface area (Å²) in [6, 6.07) is 11.5. The summed E-state index contributed by atoms with van der Waals surface area (Å²) < 4.78 is 32.8. The lowest BCUT2D eigenvalue weighted by Crippen LogP contribution is -2.51. The first kappa shape index (κ1) is 29.4. The second-order valence-corrected chi connectivity index (χ2v) is 10.2. The van der Waals surface area contributed by atoms with Crippen molar-refractivity contribution in [3.63, 3.8) is 0 Å². The SMILES string of the molecule is CCc1nccn1CCCOc1ccc(CN2CCN(C(C)=O)CC(O)(COc3ccc(F)cc3)C2)cc1OC. The fourth-order valence-corrected chi connectivity index (χ4v) is 4.95. The predicted molar refractivity (Wildman–Crippen MR) is 149 cm³/mol. The molecule has 0 spiro atoms. The number of nitrogens with zero attached hydrogens (tertiary/aromatic N) is 4. The zero-order valence-corrected chi connectivity index (χ0v) is 23.5. The van der Waals surface area contributed by atoms with E-state index in [0.29, 0.717) is 50.0 Å². The quantitative estimate of drug-likeness (QED) is 0.343. The Hall–Kier alpha value is -3.63. The second kappa shape index (κ2) is 13.6. The smallest absolute Gasteiger partial charge is 0.219 e. The Morgan fingerprint density at radius 3 is 2.62 bits per heavy atom. The van der Waals surface area contributed by atoms with Gasteiger partial charge in [-0.25, -0.2) is 9.37 Å². The van der Waals surface area contributed by atoms with Crippen LogP contribution < -0.4 is 14.2 Å². The van der Waals surface area contributed by atoms with Gasteiger partial charge in [-0.1, -0.05) is 13.0 Å². The summed E-state index contributed by atoms with van der Waals surface area (Å²) in [6.45, 7) is 7.01. The van der Waals surface area contributed by atoms with Gasteiger partial charge >= 0.3 is 0 Å². The lowest BCUT2D eigenvalue weighted by molar-refractivity contribution is -0.132. The number of carbonyl (C=O) groups excluding carboxylic acids is 1. The maximum Gasteiger partial charge on any atom is 0.219 e. The van der Waals surface area contributed by atoms with E-state index in [9.17, 15) is 14.3 Å². The molecule has 2 heterocycles. The van der Waals surface area contributed by atoms with Gasteiger partial charge in [-0.15, -0.1) is 0 Å². The minimum Gasteiger partial charge on any atom is -0.493 e. The van der Waals surface area contributed by atoms with Crippen LogP contribution in [0.1, 0.15) is 31.7 Å². The summed E-state index contributed by atoms with van der Waals surface area (Å²) in [5.74, 6) is 2.37. The van der Waals surface area contributed by atoms with Gasteiger partial charge in [0.05, 0.1) is 20.3 Å². The number of halogens is 1. The number of imidazole rings is 1. The van der Waals surface area contributed by atoms with Crippen LogP contribution in [0.4, 0.5) is 4.39 Å². The van der Waals surface area contributed by atoms with Gasteiger partial charge in [0.1, 0.15) is 29.6 Å². The molecule has 1 aliphatic rings. The molecule has 1 saturated heterocycles. The van der Waals surface area contributed by atoms with Crippen molar-refractivity contribution >= 4 is 5.91 Å². The molecule has 0 radical (unpaired) electrons. The maximum absolute atomic E-state index is 13.3. The van der Waals surface area contributed by atoms with Crippen molar-refractivity contribution in [2.24, 2.45) is 0 Å². The van der Waals surface area contributed by atoms with Crippen molar-refractivity contribution in [2.75, 3.05) is 46.5 Å². The van der Waals surface area contributed by atoms with Gasteiger partial charge in [0.2, 0.25) is 5.91 Å². The molecule has 0 saturated carbocycles. The number of carbonyl (C=O) groups is 1. The number of aliphatic hydroxyl groups is 1. The van der Waals surface area contributed by atoms with Gasteiger partial charge in [0, 0.05) is 58.5 Å². The lowest BCUT2D eigenvalue weighted by Gasteiger charge is -2.32. The number of rotatable bonds is 12. The Bertz CT molecular complexity index is 1250. The van der Waals surface area contributed by atoms with Crippen LogP contribution in [0, 0.1) is 5.82 Å². The first-order valence-electron chi connectivity index (χ1n) is 13.7. The second-order valence-electron chi connectivity index (χ2n) is 10.2. The summed E-state index contributed by atoms with van der Waals surface area (Å²) in [6.07, 6.45) is 5.55. The van der Waals surface area contributed by atoms with Crippen LogP contribution in [0.2, 0.25) is 0 Å². The average molecular weight is 555 g/mol. The molecule has 1 N–H and O–H groups in total. The number of amides is 1. The van der Waals surface area contributed by atoms with Crippen LogP contribution in [0.25, 0.3) is 0 Å². The normalized spacial score (nSPS) is 17.9. The van der Waals surface area contributed by atoms with Crippen LogP contribution in [0.15, 0.2) is 54.9 Å². The van der Waals surface area contributed by atoms with Crippen molar-refractivity contribution < 1.29 is 28.5 Å². The first-order chi connectivity index (χ1) is 19.3. The number of hydrogen-bond donors (Lipinski definition) is 1. The zero-order chi connectivity index (χ0) is 28.5. The molecule has 1 aliphatic heterocycles. The summed E-state index contributed by atoms with van der Waals surface area (Å²) in [7, 11) is 1.62. The van der Waals surface area contributed by atoms with Crippen molar-refractivity contribution in [2.45, 2.75) is 45.4 Å².